The predicted octanol–water partition coefficient (Wildman–Crippen LogP) is 3.32. The maximum absolute atomic E-state index is 12.8. The molecule has 32 heavy (non-hydrogen) atoms. The van der Waals surface area contributed by atoms with Crippen LogP contribution in [0, 0.1) is 6.92 Å². The summed E-state index contributed by atoms with van der Waals surface area (Å²) in [5.41, 5.74) is 1.49. The molecule has 2 saturated heterocycles. The Morgan fingerprint density at radius 1 is 1.22 bits per heavy atom. The minimum atomic E-state index is -0.853. The minimum absolute atomic E-state index is 0.140. The molecule has 2 fully saturated rings. The summed E-state index contributed by atoms with van der Waals surface area (Å²) in [7, 11) is 1.57. The van der Waals surface area contributed by atoms with E-state index in [-0.39, 0.29) is 19.1 Å². The second kappa shape index (κ2) is 9.36. The van der Waals surface area contributed by atoms with Crippen LogP contribution in [0.15, 0.2) is 42.5 Å². The van der Waals surface area contributed by atoms with E-state index in [1.807, 2.05) is 30.0 Å². The van der Waals surface area contributed by atoms with Gasteiger partial charge < -0.3 is 19.5 Å². The number of halogens is 1. The number of carbonyl (C=O) groups excluding carboxylic acids is 2. The van der Waals surface area contributed by atoms with Crippen molar-refractivity contribution in [3.8, 4) is 5.75 Å². The topological polar surface area (TPSA) is 80.3 Å². The molecule has 0 unspecified atom stereocenters. The number of carbonyl (C=O) groups is 2. The van der Waals surface area contributed by atoms with Crippen molar-refractivity contribution in [1.82, 2.24) is 4.90 Å². The molecule has 2 aliphatic rings. The fourth-order valence-electron chi connectivity index (χ4n) is 4.03. The molecule has 0 aliphatic carbocycles. The van der Waals surface area contributed by atoms with E-state index in [4.69, 9.17) is 25.8 Å². The summed E-state index contributed by atoms with van der Waals surface area (Å²) >= 11 is 5.96. The number of benzene rings is 2. The Morgan fingerprint density at radius 3 is 2.75 bits per heavy atom. The number of hydrogen-bond acceptors (Lipinski definition) is 6. The number of rotatable bonds is 5. The fourth-order valence-corrected chi connectivity index (χ4v) is 4.16. The van der Waals surface area contributed by atoms with Crippen LogP contribution in [0.2, 0.25) is 5.02 Å². The molecule has 1 spiro atoms. The lowest BCUT2D eigenvalue weighted by molar-refractivity contribution is -0.117. The van der Waals surface area contributed by atoms with E-state index in [1.54, 1.807) is 36.3 Å². The number of hydrogen-bond donors (Lipinski definition) is 1. The van der Waals surface area contributed by atoms with Crippen molar-refractivity contribution in [2.24, 2.45) is 0 Å². The minimum Gasteiger partial charge on any atom is -0.495 e. The van der Waals surface area contributed by atoms with Crippen LogP contribution in [-0.4, -0.2) is 69.0 Å². The van der Waals surface area contributed by atoms with Gasteiger partial charge in [0.2, 0.25) is 5.91 Å². The van der Waals surface area contributed by atoms with E-state index in [2.05, 4.69) is 5.32 Å². The smallest absolute Gasteiger partial charge is 0.415 e. The van der Waals surface area contributed by atoms with Gasteiger partial charge in [0.1, 0.15) is 5.75 Å². The Labute approximate surface area is 192 Å². The zero-order chi connectivity index (χ0) is 22.7. The lowest BCUT2D eigenvalue weighted by atomic mass is 10.0. The summed E-state index contributed by atoms with van der Waals surface area (Å²) in [5.74, 6) is 0.424. The maximum Gasteiger partial charge on any atom is 0.415 e. The first-order valence-corrected chi connectivity index (χ1v) is 10.8. The van der Waals surface area contributed by atoms with Crippen LogP contribution in [0.25, 0.3) is 0 Å². The van der Waals surface area contributed by atoms with Crippen molar-refractivity contribution in [3.05, 3.63) is 53.1 Å². The summed E-state index contributed by atoms with van der Waals surface area (Å²) in [4.78, 5) is 28.9. The molecule has 0 radical (unpaired) electrons. The predicted molar refractivity (Wildman–Crippen MR) is 122 cm³/mol. The zero-order valence-corrected chi connectivity index (χ0v) is 18.9. The van der Waals surface area contributed by atoms with E-state index >= 15 is 0 Å². The van der Waals surface area contributed by atoms with Gasteiger partial charge in [0.25, 0.3) is 0 Å². The van der Waals surface area contributed by atoms with Crippen molar-refractivity contribution in [2.75, 3.05) is 56.7 Å². The zero-order valence-electron chi connectivity index (χ0n) is 18.1. The quantitative estimate of drug-likeness (QED) is 0.738. The average Bonchev–Trinajstić information content (AvgIpc) is 2.94. The Hall–Kier alpha value is -2.81. The van der Waals surface area contributed by atoms with E-state index in [1.165, 1.54) is 0 Å². The molecule has 2 amide bonds. The number of nitrogens with zero attached hydrogens (tertiary/aromatic N) is 2. The number of nitrogens with one attached hydrogen (secondary N) is 1. The van der Waals surface area contributed by atoms with E-state index in [9.17, 15) is 9.59 Å². The summed E-state index contributed by atoms with van der Waals surface area (Å²) in [5, 5.41) is 3.51. The van der Waals surface area contributed by atoms with Crippen LogP contribution in [0.3, 0.4) is 0 Å². The molecule has 2 aromatic rings. The third kappa shape index (κ3) is 4.98. The molecular formula is C23H26ClN3O5. The van der Waals surface area contributed by atoms with Crippen LogP contribution in [0.5, 0.6) is 5.75 Å². The van der Waals surface area contributed by atoms with Crippen molar-refractivity contribution in [3.63, 3.8) is 0 Å². The molecular weight excluding hydrogens is 434 g/mol. The van der Waals surface area contributed by atoms with Gasteiger partial charge >= 0.3 is 6.09 Å². The number of anilines is 2. The Balaban J connectivity index is 1.44. The molecule has 0 saturated carbocycles. The number of amides is 2. The molecule has 9 heteroatoms. The first-order valence-electron chi connectivity index (χ1n) is 10.4. The monoisotopic (exact) mass is 459 g/mol. The number of ether oxygens (including phenoxy) is 3. The van der Waals surface area contributed by atoms with Crippen LogP contribution < -0.4 is 15.0 Å². The first-order chi connectivity index (χ1) is 15.4. The lowest BCUT2D eigenvalue weighted by Gasteiger charge is -2.29. The fraction of sp³-hybridized carbons (Fsp3) is 0.391. The Morgan fingerprint density at radius 2 is 2.00 bits per heavy atom. The van der Waals surface area contributed by atoms with Gasteiger partial charge in [0.15, 0.2) is 5.60 Å². The van der Waals surface area contributed by atoms with Crippen LogP contribution in [-0.2, 0) is 14.3 Å². The van der Waals surface area contributed by atoms with Crippen LogP contribution >= 0.6 is 11.6 Å². The average molecular weight is 460 g/mol. The molecule has 0 aromatic heterocycles. The SMILES string of the molecule is COc1ccc(C)cc1NC(=O)CN1CCOC[C@]2(C1)CN(c1ccc(Cl)cc1)C(=O)O2. The third-order valence-electron chi connectivity index (χ3n) is 5.53. The molecule has 1 N–H and O–H groups in total. The highest BCUT2D eigenvalue weighted by molar-refractivity contribution is 6.30. The first kappa shape index (κ1) is 22.4. The highest BCUT2D eigenvalue weighted by Gasteiger charge is 2.48. The highest BCUT2D eigenvalue weighted by Crippen LogP contribution is 2.31. The van der Waals surface area contributed by atoms with Crippen LogP contribution in [0.4, 0.5) is 16.2 Å². The van der Waals surface area contributed by atoms with Gasteiger partial charge in [-0.3, -0.25) is 14.6 Å². The molecule has 2 aromatic carbocycles. The molecule has 0 bridgehead atoms. The van der Waals surface area contributed by atoms with Gasteiger partial charge in [0, 0.05) is 23.8 Å². The molecule has 2 heterocycles. The molecule has 4 rings (SSSR count). The molecule has 2 aliphatic heterocycles. The molecule has 8 nitrogen and oxygen atoms in total. The third-order valence-corrected chi connectivity index (χ3v) is 5.79. The molecule has 170 valence electrons. The second-order valence-electron chi connectivity index (χ2n) is 8.13. The lowest BCUT2D eigenvalue weighted by Crippen LogP contribution is -2.49. The van der Waals surface area contributed by atoms with Crippen molar-refractivity contribution in [2.45, 2.75) is 12.5 Å². The summed E-state index contributed by atoms with van der Waals surface area (Å²) < 4.78 is 16.9. The van der Waals surface area contributed by atoms with Gasteiger partial charge in [-0.1, -0.05) is 17.7 Å². The summed E-state index contributed by atoms with van der Waals surface area (Å²) in [6, 6.07) is 12.6. The normalized spacial score (nSPS) is 21.3. The highest BCUT2D eigenvalue weighted by atomic mass is 35.5. The maximum atomic E-state index is 12.8. The molecule has 1 atom stereocenters. The number of aryl methyl sites for hydroxylation is 1. The van der Waals surface area contributed by atoms with E-state index < -0.39 is 11.7 Å². The van der Waals surface area contributed by atoms with Gasteiger partial charge in [-0.25, -0.2) is 4.79 Å². The largest absolute Gasteiger partial charge is 0.495 e. The van der Waals surface area contributed by atoms with E-state index in [0.29, 0.717) is 48.4 Å². The van der Waals surface area contributed by atoms with Crippen molar-refractivity contribution < 1.29 is 23.8 Å². The summed E-state index contributed by atoms with van der Waals surface area (Å²) in [6.07, 6.45) is -0.438. The van der Waals surface area contributed by atoms with Gasteiger partial charge in [-0.15, -0.1) is 0 Å². The number of methoxy groups -OCH3 is 1. The van der Waals surface area contributed by atoms with Crippen molar-refractivity contribution >= 4 is 35.0 Å². The summed E-state index contributed by atoms with van der Waals surface area (Å²) in [6.45, 7) is 4.08. The van der Waals surface area contributed by atoms with Crippen LogP contribution in [0.1, 0.15) is 5.56 Å². The Kier molecular flexibility index (Phi) is 6.55. The van der Waals surface area contributed by atoms with E-state index in [0.717, 1.165) is 5.56 Å². The van der Waals surface area contributed by atoms with Gasteiger partial charge in [-0.2, -0.15) is 0 Å². The second-order valence-corrected chi connectivity index (χ2v) is 8.57. The van der Waals surface area contributed by atoms with Gasteiger partial charge in [-0.05, 0) is 48.9 Å². The van der Waals surface area contributed by atoms with Gasteiger partial charge in [0.05, 0.1) is 39.1 Å². The standard InChI is InChI=1S/C23H26ClN3O5/c1-16-3-8-20(30-2)19(11-16)25-21(28)12-26-9-10-31-15-23(13-26)14-27(22(29)32-23)18-6-4-17(24)5-7-18/h3-8,11H,9-10,12-15H2,1-2H3,(H,25,28)/t23-/m0/s1. The van der Waals surface area contributed by atoms with Crippen molar-refractivity contribution in [1.29, 1.82) is 0 Å². The Bertz CT molecular complexity index is 1000.